The normalized spacial score (nSPS) is 15.9. The Morgan fingerprint density at radius 2 is 2.10 bits per heavy atom. The first-order valence-corrected chi connectivity index (χ1v) is 7.39. The number of fused-ring (bicyclic) bond motifs is 1. The molecule has 0 bridgehead atoms. The summed E-state index contributed by atoms with van der Waals surface area (Å²) in [7, 11) is 0. The van der Waals surface area contributed by atoms with Crippen LogP contribution in [0.2, 0.25) is 0 Å². The third kappa shape index (κ3) is 2.58. The molecule has 0 saturated carbocycles. The summed E-state index contributed by atoms with van der Waals surface area (Å²) in [6, 6.07) is 4.22. The van der Waals surface area contributed by atoms with Crippen molar-refractivity contribution in [2.75, 3.05) is 31.1 Å². The zero-order chi connectivity index (χ0) is 13.9. The Bertz CT molecular complexity index is 638. The molecule has 20 heavy (non-hydrogen) atoms. The lowest BCUT2D eigenvalue weighted by Gasteiger charge is -2.29. The lowest BCUT2D eigenvalue weighted by atomic mass is 10.1. The summed E-state index contributed by atoms with van der Waals surface area (Å²) in [5, 5.41) is 3.34. The van der Waals surface area contributed by atoms with Crippen molar-refractivity contribution in [3.8, 4) is 0 Å². The Hall–Kier alpha value is -1.75. The summed E-state index contributed by atoms with van der Waals surface area (Å²) < 4.78 is 5.34. The highest BCUT2D eigenvalue weighted by Crippen LogP contribution is 2.28. The number of rotatable bonds is 4. The maximum atomic E-state index is 11.5. The molecule has 1 aliphatic rings. The Labute approximate surface area is 118 Å². The Morgan fingerprint density at radius 1 is 1.30 bits per heavy atom. The minimum atomic E-state index is -0.371. The fourth-order valence-electron chi connectivity index (χ4n) is 2.77. The maximum absolute atomic E-state index is 11.5. The van der Waals surface area contributed by atoms with Gasteiger partial charge in [0.05, 0.1) is 11.2 Å². The molecule has 1 saturated heterocycles. The standard InChI is InChI=1S/C15H21N3O2/c1-2-3-4-11-9-12-14(20-15(19)17-12)13(10-11)18-7-5-16-6-8-18/h9-10,16H,2-8H2,1H3,(H,17,19). The van der Waals surface area contributed by atoms with Gasteiger partial charge < -0.3 is 14.6 Å². The lowest BCUT2D eigenvalue weighted by molar-refractivity contribution is 0.547. The zero-order valence-electron chi connectivity index (χ0n) is 11.9. The molecule has 1 aromatic heterocycles. The summed E-state index contributed by atoms with van der Waals surface area (Å²) in [5.74, 6) is -0.371. The average Bonchev–Trinajstić information content (AvgIpc) is 2.85. The first-order chi connectivity index (χ1) is 9.78. The van der Waals surface area contributed by atoms with Crippen LogP contribution in [0.15, 0.2) is 21.3 Å². The van der Waals surface area contributed by atoms with Crippen LogP contribution in [-0.4, -0.2) is 31.2 Å². The number of nitrogens with zero attached hydrogens (tertiary/aromatic N) is 1. The van der Waals surface area contributed by atoms with Gasteiger partial charge in [-0.2, -0.15) is 0 Å². The Balaban J connectivity index is 2.03. The molecule has 0 spiro atoms. The van der Waals surface area contributed by atoms with Gasteiger partial charge in [-0.1, -0.05) is 13.3 Å². The van der Waals surface area contributed by atoms with E-state index >= 15 is 0 Å². The molecule has 0 atom stereocenters. The van der Waals surface area contributed by atoms with Gasteiger partial charge in [-0.3, -0.25) is 4.98 Å². The van der Waals surface area contributed by atoms with E-state index in [1.54, 1.807) is 0 Å². The van der Waals surface area contributed by atoms with Crippen molar-refractivity contribution in [2.24, 2.45) is 0 Å². The topological polar surface area (TPSA) is 61.3 Å². The third-order valence-corrected chi connectivity index (χ3v) is 3.84. The van der Waals surface area contributed by atoms with Gasteiger partial charge in [0.15, 0.2) is 5.58 Å². The summed E-state index contributed by atoms with van der Waals surface area (Å²) in [6.07, 6.45) is 3.37. The number of nitrogens with one attached hydrogen (secondary N) is 2. The van der Waals surface area contributed by atoms with Crippen molar-refractivity contribution >= 4 is 16.8 Å². The van der Waals surface area contributed by atoms with Crippen LogP contribution in [0.25, 0.3) is 11.1 Å². The van der Waals surface area contributed by atoms with Crippen LogP contribution in [0.1, 0.15) is 25.3 Å². The van der Waals surface area contributed by atoms with Crippen molar-refractivity contribution < 1.29 is 4.42 Å². The fourth-order valence-corrected chi connectivity index (χ4v) is 2.77. The van der Waals surface area contributed by atoms with E-state index in [-0.39, 0.29) is 5.76 Å². The van der Waals surface area contributed by atoms with Gasteiger partial charge >= 0.3 is 5.76 Å². The molecule has 3 rings (SSSR count). The molecule has 2 N–H and O–H groups in total. The van der Waals surface area contributed by atoms with Gasteiger partial charge in [0, 0.05) is 26.2 Å². The molecule has 2 heterocycles. The van der Waals surface area contributed by atoms with E-state index in [0.29, 0.717) is 5.58 Å². The van der Waals surface area contributed by atoms with Crippen molar-refractivity contribution in [3.05, 3.63) is 28.2 Å². The first-order valence-electron chi connectivity index (χ1n) is 7.39. The molecule has 0 aliphatic carbocycles. The SMILES string of the molecule is CCCCc1cc(N2CCNCC2)c2oc(=O)[nH]c2c1. The van der Waals surface area contributed by atoms with Crippen LogP contribution in [0.4, 0.5) is 5.69 Å². The fraction of sp³-hybridized carbons (Fsp3) is 0.533. The number of oxazole rings is 1. The van der Waals surface area contributed by atoms with Gasteiger partial charge in [-0.15, -0.1) is 0 Å². The number of piperazine rings is 1. The second kappa shape index (κ2) is 5.71. The number of hydrogen-bond acceptors (Lipinski definition) is 4. The zero-order valence-corrected chi connectivity index (χ0v) is 11.9. The molecule has 0 amide bonds. The molecule has 0 radical (unpaired) electrons. The molecule has 1 fully saturated rings. The quantitative estimate of drug-likeness (QED) is 0.894. The van der Waals surface area contributed by atoms with Crippen LogP contribution in [0, 0.1) is 0 Å². The number of aromatic nitrogens is 1. The minimum Gasteiger partial charge on any atom is -0.406 e. The van der Waals surface area contributed by atoms with E-state index in [4.69, 9.17) is 4.42 Å². The van der Waals surface area contributed by atoms with Crippen molar-refractivity contribution in [3.63, 3.8) is 0 Å². The second-order valence-electron chi connectivity index (χ2n) is 5.35. The lowest BCUT2D eigenvalue weighted by Crippen LogP contribution is -2.43. The Morgan fingerprint density at radius 3 is 2.85 bits per heavy atom. The number of aromatic amines is 1. The summed E-state index contributed by atoms with van der Waals surface area (Å²) in [6.45, 7) is 6.02. The van der Waals surface area contributed by atoms with Crippen LogP contribution < -0.4 is 16.0 Å². The second-order valence-corrected chi connectivity index (χ2v) is 5.35. The molecular formula is C15H21N3O2. The summed E-state index contributed by atoms with van der Waals surface area (Å²) >= 11 is 0. The van der Waals surface area contributed by atoms with Gasteiger partial charge in [-0.25, -0.2) is 4.79 Å². The van der Waals surface area contributed by atoms with E-state index in [0.717, 1.165) is 50.2 Å². The number of unbranched alkanes of at least 4 members (excludes halogenated alkanes) is 1. The predicted octanol–water partition coefficient (Wildman–Crippen LogP) is 1.87. The third-order valence-electron chi connectivity index (χ3n) is 3.84. The number of aryl methyl sites for hydroxylation is 1. The summed E-state index contributed by atoms with van der Waals surface area (Å²) in [4.78, 5) is 16.6. The van der Waals surface area contributed by atoms with Crippen molar-refractivity contribution in [1.29, 1.82) is 0 Å². The van der Waals surface area contributed by atoms with Gasteiger partial charge in [0.2, 0.25) is 0 Å². The number of benzene rings is 1. The van der Waals surface area contributed by atoms with Gasteiger partial charge in [0.25, 0.3) is 0 Å². The molecule has 1 aromatic carbocycles. The highest BCUT2D eigenvalue weighted by atomic mass is 16.4. The largest absolute Gasteiger partial charge is 0.417 e. The van der Waals surface area contributed by atoms with Gasteiger partial charge in [0.1, 0.15) is 0 Å². The van der Waals surface area contributed by atoms with Gasteiger partial charge in [-0.05, 0) is 30.5 Å². The number of hydrogen-bond donors (Lipinski definition) is 2. The molecule has 5 heteroatoms. The number of H-pyrrole nitrogens is 1. The maximum Gasteiger partial charge on any atom is 0.417 e. The van der Waals surface area contributed by atoms with E-state index < -0.39 is 0 Å². The van der Waals surface area contributed by atoms with E-state index in [2.05, 4.69) is 28.2 Å². The van der Waals surface area contributed by atoms with E-state index in [9.17, 15) is 4.79 Å². The summed E-state index contributed by atoms with van der Waals surface area (Å²) in [5.41, 5.74) is 3.83. The molecule has 2 aromatic rings. The molecule has 108 valence electrons. The molecule has 5 nitrogen and oxygen atoms in total. The average molecular weight is 275 g/mol. The van der Waals surface area contributed by atoms with Crippen LogP contribution in [-0.2, 0) is 6.42 Å². The smallest absolute Gasteiger partial charge is 0.406 e. The van der Waals surface area contributed by atoms with Crippen LogP contribution in [0.5, 0.6) is 0 Å². The van der Waals surface area contributed by atoms with Crippen molar-refractivity contribution in [2.45, 2.75) is 26.2 Å². The molecule has 1 aliphatic heterocycles. The Kier molecular flexibility index (Phi) is 3.78. The van der Waals surface area contributed by atoms with Crippen LogP contribution in [0.3, 0.4) is 0 Å². The molecular weight excluding hydrogens is 254 g/mol. The van der Waals surface area contributed by atoms with Crippen LogP contribution >= 0.6 is 0 Å². The number of anilines is 1. The highest BCUT2D eigenvalue weighted by molar-refractivity contribution is 5.87. The molecule has 0 unspecified atom stereocenters. The minimum absolute atomic E-state index is 0.371. The highest BCUT2D eigenvalue weighted by Gasteiger charge is 2.17. The monoisotopic (exact) mass is 275 g/mol. The predicted molar refractivity (Wildman–Crippen MR) is 80.5 cm³/mol. The first kappa shape index (κ1) is 13.2. The van der Waals surface area contributed by atoms with E-state index in [1.807, 2.05) is 6.07 Å². The van der Waals surface area contributed by atoms with E-state index in [1.165, 1.54) is 12.0 Å². The van der Waals surface area contributed by atoms with Crippen molar-refractivity contribution in [1.82, 2.24) is 10.3 Å².